The Labute approximate surface area is 299 Å². The number of unbranched alkanes of at least 4 members (excludes halogenated alkanes) is 11. The molecular weight excluding hydrogens is 652 g/mol. The van der Waals surface area contributed by atoms with E-state index in [-0.39, 0.29) is 44.4 Å². The summed E-state index contributed by atoms with van der Waals surface area (Å²) in [6.07, 6.45) is 14.3. The minimum atomic E-state index is -1.28. The Morgan fingerprint density at radius 2 is 0.980 bits per heavy atom. The number of rotatable bonds is 35. The summed E-state index contributed by atoms with van der Waals surface area (Å²) in [6.45, 7) is 8.80. The number of amides is 2. The van der Waals surface area contributed by atoms with Crippen LogP contribution in [-0.2, 0) is 47.7 Å². The third-order valence-electron chi connectivity index (χ3n) is 7.39. The Morgan fingerprint density at radius 1 is 0.540 bits per heavy atom. The number of carboxylic acids is 2. The van der Waals surface area contributed by atoms with Crippen LogP contribution in [0.5, 0.6) is 0 Å². The highest BCUT2D eigenvalue weighted by molar-refractivity contribution is 5.84. The van der Waals surface area contributed by atoms with Crippen LogP contribution in [-0.4, -0.2) is 111 Å². The van der Waals surface area contributed by atoms with Gasteiger partial charge in [0.25, 0.3) is 0 Å². The summed E-state index contributed by atoms with van der Waals surface area (Å²) < 4.78 is 26.9. The first-order chi connectivity index (χ1) is 23.9. The summed E-state index contributed by atoms with van der Waals surface area (Å²) in [5.41, 5.74) is -0.396. The van der Waals surface area contributed by atoms with Crippen molar-refractivity contribution in [3.63, 3.8) is 0 Å². The normalized spacial score (nSPS) is 12.0. The molecule has 0 aliphatic heterocycles. The van der Waals surface area contributed by atoms with Gasteiger partial charge >= 0.3 is 17.9 Å². The Balaban J connectivity index is 3.37. The molecule has 0 radical (unpaired) electrons. The second kappa shape index (κ2) is 32.1. The molecule has 50 heavy (non-hydrogen) atoms. The highest BCUT2D eigenvalue weighted by atomic mass is 16.6. The van der Waals surface area contributed by atoms with Crippen molar-refractivity contribution in [2.24, 2.45) is 0 Å². The van der Waals surface area contributed by atoms with E-state index in [0.717, 1.165) is 32.1 Å². The molecule has 0 aliphatic carbocycles. The van der Waals surface area contributed by atoms with E-state index in [4.69, 9.17) is 33.9 Å². The number of carboxylic acid groups (broad SMARTS) is 2. The number of carbonyl (C=O) groups is 5. The van der Waals surface area contributed by atoms with Crippen molar-refractivity contribution in [1.82, 2.24) is 10.6 Å². The van der Waals surface area contributed by atoms with E-state index in [9.17, 15) is 24.0 Å². The zero-order valence-electron chi connectivity index (χ0n) is 30.9. The van der Waals surface area contributed by atoms with E-state index in [1.54, 1.807) is 0 Å². The van der Waals surface area contributed by atoms with E-state index < -0.39 is 29.5 Å². The molecule has 0 spiro atoms. The Bertz CT molecular complexity index is 910. The van der Waals surface area contributed by atoms with Crippen LogP contribution in [0.25, 0.3) is 0 Å². The summed E-state index contributed by atoms with van der Waals surface area (Å²) in [5.74, 6) is -2.98. The predicted octanol–water partition coefficient (Wildman–Crippen LogP) is 4.80. The number of hydrogen-bond donors (Lipinski definition) is 4. The molecule has 4 N–H and O–H groups in total. The van der Waals surface area contributed by atoms with Gasteiger partial charge in [-0.1, -0.05) is 64.2 Å². The van der Waals surface area contributed by atoms with Gasteiger partial charge < -0.3 is 44.5 Å². The summed E-state index contributed by atoms with van der Waals surface area (Å²) in [5, 5.41) is 22.9. The molecule has 0 heterocycles. The monoisotopic (exact) mass is 718 g/mol. The van der Waals surface area contributed by atoms with E-state index in [2.05, 4.69) is 10.6 Å². The summed E-state index contributed by atoms with van der Waals surface area (Å²) in [6, 6.07) is -1.25. The Hall–Kier alpha value is -2.81. The molecule has 0 rings (SSSR count). The fraction of sp³-hybridized carbons (Fsp3) is 0.861. The second-order valence-electron chi connectivity index (χ2n) is 13.3. The molecule has 0 aliphatic rings. The van der Waals surface area contributed by atoms with Crippen molar-refractivity contribution in [3.05, 3.63) is 0 Å². The molecule has 0 aromatic heterocycles. The summed E-state index contributed by atoms with van der Waals surface area (Å²) in [7, 11) is 0. The van der Waals surface area contributed by atoms with Gasteiger partial charge in [-0.25, -0.2) is 4.79 Å². The zero-order valence-corrected chi connectivity index (χ0v) is 30.9. The van der Waals surface area contributed by atoms with Crippen LogP contribution in [0.3, 0.4) is 0 Å². The summed E-state index contributed by atoms with van der Waals surface area (Å²) in [4.78, 5) is 57.2. The first-order valence-electron chi connectivity index (χ1n) is 18.4. The third kappa shape index (κ3) is 35.0. The average molecular weight is 719 g/mol. The van der Waals surface area contributed by atoms with E-state index >= 15 is 0 Å². The van der Waals surface area contributed by atoms with E-state index in [0.29, 0.717) is 59.0 Å². The Morgan fingerprint density at radius 3 is 1.44 bits per heavy atom. The quantitative estimate of drug-likeness (QED) is 0.0517. The van der Waals surface area contributed by atoms with Crippen molar-refractivity contribution in [3.8, 4) is 0 Å². The molecule has 0 aromatic rings. The maximum atomic E-state index is 12.0. The lowest BCUT2D eigenvalue weighted by Crippen LogP contribution is -2.41. The number of esters is 1. The number of nitrogens with one attached hydrogen (secondary N) is 2. The smallest absolute Gasteiger partial charge is 0.326 e. The van der Waals surface area contributed by atoms with Crippen LogP contribution in [0, 0.1) is 0 Å². The number of carbonyl (C=O) groups excluding carboxylic acids is 3. The molecule has 0 saturated heterocycles. The van der Waals surface area contributed by atoms with E-state index in [1.807, 2.05) is 20.8 Å². The lowest BCUT2D eigenvalue weighted by Gasteiger charge is -2.19. The predicted molar refractivity (Wildman–Crippen MR) is 188 cm³/mol. The number of aliphatic carboxylic acids is 2. The molecule has 1 atom stereocenters. The van der Waals surface area contributed by atoms with Gasteiger partial charge in [-0.05, 0) is 40.0 Å². The fourth-order valence-corrected chi connectivity index (χ4v) is 4.78. The van der Waals surface area contributed by atoms with Gasteiger partial charge in [0.2, 0.25) is 11.8 Å². The lowest BCUT2D eigenvalue weighted by atomic mass is 10.0. The standard InChI is InChI=1S/C36H66N2O12/c1-36(2,3)50-34(43)17-15-13-11-9-7-5-4-6-8-10-12-14-16-31(39)37-21-23-47-25-27-49-29-28-48-26-24-46-22-20-32(40)38-30(35(44)45)18-19-33(41)42/h30H,4-29H2,1-3H3,(H,37,39)(H,38,40)(H,41,42)(H,44,45). The fourth-order valence-electron chi connectivity index (χ4n) is 4.78. The first-order valence-corrected chi connectivity index (χ1v) is 18.4. The maximum Gasteiger partial charge on any atom is 0.326 e. The van der Waals surface area contributed by atoms with Gasteiger partial charge in [-0.3, -0.25) is 19.2 Å². The van der Waals surface area contributed by atoms with Gasteiger partial charge in [0.15, 0.2) is 0 Å². The molecule has 1 unspecified atom stereocenters. The van der Waals surface area contributed by atoms with Gasteiger partial charge in [-0.2, -0.15) is 0 Å². The van der Waals surface area contributed by atoms with Crippen LogP contribution in [0.15, 0.2) is 0 Å². The Kier molecular flexibility index (Phi) is 30.3. The van der Waals surface area contributed by atoms with Crippen LogP contribution >= 0.6 is 0 Å². The van der Waals surface area contributed by atoms with Crippen LogP contribution < -0.4 is 10.6 Å². The molecule has 2 amide bonds. The molecule has 0 saturated carbocycles. The topological polar surface area (TPSA) is 196 Å². The minimum Gasteiger partial charge on any atom is -0.481 e. The highest BCUT2D eigenvalue weighted by Gasteiger charge is 2.20. The molecule has 0 aromatic carbocycles. The summed E-state index contributed by atoms with van der Waals surface area (Å²) >= 11 is 0. The molecule has 14 heteroatoms. The lowest BCUT2D eigenvalue weighted by molar-refractivity contribution is -0.155. The van der Waals surface area contributed by atoms with Gasteiger partial charge in [0.1, 0.15) is 11.6 Å². The van der Waals surface area contributed by atoms with Gasteiger partial charge in [0, 0.05) is 32.2 Å². The van der Waals surface area contributed by atoms with Crippen molar-refractivity contribution >= 4 is 29.7 Å². The van der Waals surface area contributed by atoms with Crippen LogP contribution in [0.4, 0.5) is 0 Å². The van der Waals surface area contributed by atoms with Gasteiger partial charge in [-0.15, -0.1) is 0 Å². The zero-order chi connectivity index (χ0) is 37.3. The molecule has 0 bridgehead atoms. The number of ether oxygens (including phenoxy) is 5. The van der Waals surface area contributed by atoms with E-state index in [1.165, 1.54) is 44.9 Å². The minimum absolute atomic E-state index is 0.0466. The maximum absolute atomic E-state index is 12.0. The highest BCUT2D eigenvalue weighted by Crippen LogP contribution is 2.14. The third-order valence-corrected chi connectivity index (χ3v) is 7.39. The van der Waals surface area contributed by atoms with Crippen LogP contribution in [0.2, 0.25) is 0 Å². The first kappa shape index (κ1) is 47.2. The second-order valence-corrected chi connectivity index (χ2v) is 13.3. The molecule has 0 fully saturated rings. The van der Waals surface area contributed by atoms with Crippen molar-refractivity contribution in [2.45, 2.75) is 142 Å². The molecule has 14 nitrogen and oxygen atoms in total. The van der Waals surface area contributed by atoms with Crippen LogP contribution in [0.1, 0.15) is 130 Å². The largest absolute Gasteiger partial charge is 0.481 e. The molecular formula is C36H66N2O12. The number of hydrogen-bond acceptors (Lipinski definition) is 10. The van der Waals surface area contributed by atoms with Gasteiger partial charge in [0.05, 0.1) is 52.9 Å². The van der Waals surface area contributed by atoms with Crippen molar-refractivity contribution < 1.29 is 57.9 Å². The molecule has 292 valence electrons. The van der Waals surface area contributed by atoms with Crippen molar-refractivity contribution in [1.29, 1.82) is 0 Å². The van der Waals surface area contributed by atoms with Crippen molar-refractivity contribution in [2.75, 3.05) is 59.4 Å². The average Bonchev–Trinajstić information content (AvgIpc) is 3.03. The SMILES string of the molecule is CC(C)(C)OC(=O)CCCCCCCCCCCCCCC(=O)NCCOCCOCCOCCOCCC(=O)NC(CCC(=O)O)C(=O)O.